The molecule has 2 N–H and O–H groups in total. The summed E-state index contributed by atoms with van der Waals surface area (Å²) in [5.41, 5.74) is 0.234. The summed E-state index contributed by atoms with van der Waals surface area (Å²) in [6, 6.07) is 2.28. The lowest BCUT2D eigenvalue weighted by molar-refractivity contribution is 0.0485. The SMILES string of the molecule is OC(CCl)CNc1cc(F)c(OCC2CCOCC2)c(F)c1. The Morgan fingerprint density at radius 3 is 2.55 bits per heavy atom. The molecule has 22 heavy (non-hydrogen) atoms. The van der Waals surface area contributed by atoms with E-state index in [4.69, 9.17) is 21.1 Å². The average Bonchev–Trinajstić information content (AvgIpc) is 2.52. The van der Waals surface area contributed by atoms with Gasteiger partial charge in [0.25, 0.3) is 0 Å². The summed E-state index contributed by atoms with van der Waals surface area (Å²) in [5, 5.41) is 12.0. The first-order chi connectivity index (χ1) is 10.6. The topological polar surface area (TPSA) is 50.7 Å². The van der Waals surface area contributed by atoms with Crippen LogP contribution in [0.4, 0.5) is 14.5 Å². The first-order valence-electron chi connectivity index (χ1n) is 7.27. The van der Waals surface area contributed by atoms with Crippen LogP contribution >= 0.6 is 11.6 Å². The van der Waals surface area contributed by atoms with Crippen LogP contribution in [0.25, 0.3) is 0 Å². The Balaban J connectivity index is 1.93. The van der Waals surface area contributed by atoms with Crippen LogP contribution in [-0.2, 0) is 4.74 Å². The van der Waals surface area contributed by atoms with Gasteiger partial charge in [0, 0.05) is 37.6 Å². The number of hydrogen-bond acceptors (Lipinski definition) is 4. The van der Waals surface area contributed by atoms with E-state index in [9.17, 15) is 13.9 Å². The van der Waals surface area contributed by atoms with E-state index in [0.29, 0.717) is 13.2 Å². The van der Waals surface area contributed by atoms with Crippen LogP contribution in [0, 0.1) is 17.6 Å². The maximum absolute atomic E-state index is 14.0. The van der Waals surface area contributed by atoms with E-state index in [2.05, 4.69) is 5.32 Å². The fourth-order valence-electron chi connectivity index (χ4n) is 2.20. The van der Waals surface area contributed by atoms with Crippen LogP contribution in [-0.4, -0.2) is 43.5 Å². The quantitative estimate of drug-likeness (QED) is 0.752. The minimum atomic E-state index is -0.780. The van der Waals surface area contributed by atoms with E-state index >= 15 is 0 Å². The lowest BCUT2D eigenvalue weighted by Gasteiger charge is -2.22. The van der Waals surface area contributed by atoms with Crippen molar-refractivity contribution in [1.82, 2.24) is 0 Å². The van der Waals surface area contributed by atoms with Crippen molar-refractivity contribution in [3.63, 3.8) is 0 Å². The highest BCUT2D eigenvalue weighted by Crippen LogP contribution is 2.27. The fraction of sp³-hybridized carbons (Fsp3) is 0.600. The maximum Gasteiger partial charge on any atom is 0.190 e. The minimum absolute atomic E-state index is 0.0459. The second-order valence-corrected chi connectivity index (χ2v) is 5.63. The molecule has 124 valence electrons. The van der Waals surface area contributed by atoms with Gasteiger partial charge in [-0.05, 0) is 18.8 Å². The number of rotatable bonds is 7. The first kappa shape index (κ1) is 17.2. The second kappa shape index (κ2) is 8.50. The van der Waals surface area contributed by atoms with Crippen LogP contribution < -0.4 is 10.1 Å². The molecule has 1 unspecified atom stereocenters. The van der Waals surface area contributed by atoms with Crippen molar-refractivity contribution >= 4 is 17.3 Å². The number of alkyl halides is 1. The van der Waals surface area contributed by atoms with Gasteiger partial charge in [0.1, 0.15) is 0 Å². The zero-order valence-corrected chi connectivity index (χ0v) is 12.9. The highest BCUT2D eigenvalue weighted by atomic mass is 35.5. The Labute approximate surface area is 133 Å². The average molecular weight is 336 g/mol. The molecule has 1 atom stereocenters. The Hall–Kier alpha value is -1.11. The molecule has 0 amide bonds. The van der Waals surface area contributed by atoms with Gasteiger partial charge < -0.3 is 19.9 Å². The zero-order valence-electron chi connectivity index (χ0n) is 12.2. The summed E-state index contributed by atoms with van der Waals surface area (Å²) in [6.07, 6.45) is 0.885. The molecule has 0 spiro atoms. The first-order valence-corrected chi connectivity index (χ1v) is 7.81. The molecule has 1 aliphatic rings. The molecule has 0 radical (unpaired) electrons. The van der Waals surface area contributed by atoms with E-state index in [0.717, 1.165) is 25.0 Å². The van der Waals surface area contributed by atoms with Crippen molar-refractivity contribution in [2.45, 2.75) is 18.9 Å². The van der Waals surface area contributed by atoms with Crippen molar-refractivity contribution < 1.29 is 23.4 Å². The van der Waals surface area contributed by atoms with Crippen LogP contribution in [0.2, 0.25) is 0 Å². The number of benzene rings is 1. The van der Waals surface area contributed by atoms with E-state index in [-0.39, 0.29) is 36.4 Å². The van der Waals surface area contributed by atoms with Crippen LogP contribution in [0.3, 0.4) is 0 Å². The number of anilines is 1. The van der Waals surface area contributed by atoms with E-state index in [1.165, 1.54) is 0 Å². The molecular weight excluding hydrogens is 316 g/mol. The monoisotopic (exact) mass is 335 g/mol. The molecule has 0 aliphatic carbocycles. The fourth-order valence-corrected chi connectivity index (χ4v) is 2.31. The predicted molar refractivity (Wildman–Crippen MR) is 80.6 cm³/mol. The van der Waals surface area contributed by atoms with E-state index in [1.54, 1.807) is 0 Å². The standard InChI is InChI=1S/C15H20ClF2NO3/c16-7-12(20)8-19-11-5-13(17)15(14(18)6-11)22-9-10-1-3-21-4-2-10/h5-6,10,12,19-20H,1-4,7-9H2. The van der Waals surface area contributed by atoms with Crippen LogP contribution in [0.5, 0.6) is 5.75 Å². The van der Waals surface area contributed by atoms with Gasteiger partial charge >= 0.3 is 0 Å². The molecule has 1 aromatic rings. The number of hydrogen-bond donors (Lipinski definition) is 2. The smallest absolute Gasteiger partial charge is 0.190 e. The predicted octanol–water partition coefficient (Wildman–Crippen LogP) is 2.78. The van der Waals surface area contributed by atoms with Gasteiger partial charge in [0.05, 0.1) is 18.6 Å². The highest BCUT2D eigenvalue weighted by Gasteiger charge is 2.18. The molecule has 1 heterocycles. The van der Waals surface area contributed by atoms with Gasteiger partial charge in [0.15, 0.2) is 17.4 Å². The van der Waals surface area contributed by atoms with Crippen molar-refractivity contribution in [1.29, 1.82) is 0 Å². The maximum atomic E-state index is 14.0. The molecule has 0 saturated carbocycles. The van der Waals surface area contributed by atoms with E-state index < -0.39 is 17.7 Å². The minimum Gasteiger partial charge on any atom is -0.487 e. The molecule has 0 bridgehead atoms. The lowest BCUT2D eigenvalue weighted by atomic mass is 10.0. The van der Waals surface area contributed by atoms with Crippen molar-refractivity contribution in [2.24, 2.45) is 5.92 Å². The van der Waals surface area contributed by atoms with Crippen LogP contribution in [0.15, 0.2) is 12.1 Å². The second-order valence-electron chi connectivity index (χ2n) is 5.32. The van der Waals surface area contributed by atoms with Gasteiger partial charge in [-0.2, -0.15) is 0 Å². The molecule has 4 nitrogen and oxygen atoms in total. The summed E-state index contributed by atoms with van der Waals surface area (Å²) in [6.45, 7) is 1.70. The molecule has 1 saturated heterocycles. The highest BCUT2D eigenvalue weighted by molar-refractivity contribution is 6.18. The molecular formula is C15H20ClF2NO3. The third kappa shape index (κ3) is 4.97. The van der Waals surface area contributed by atoms with Crippen molar-refractivity contribution in [2.75, 3.05) is 37.6 Å². The largest absolute Gasteiger partial charge is 0.487 e. The van der Waals surface area contributed by atoms with Crippen molar-refractivity contribution in [3.05, 3.63) is 23.8 Å². The molecule has 1 aliphatic heterocycles. The van der Waals surface area contributed by atoms with Crippen LogP contribution in [0.1, 0.15) is 12.8 Å². The summed E-state index contributed by atoms with van der Waals surface area (Å²) in [7, 11) is 0. The number of ether oxygens (including phenoxy) is 2. The Kier molecular flexibility index (Phi) is 6.67. The summed E-state index contributed by atoms with van der Waals surface area (Å²) in [4.78, 5) is 0. The zero-order chi connectivity index (χ0) is 15.9. The number of halogens is 3. The van der Waals surface area contributed by atoms with Crippen molar-refractivity contribution in [3.8, 4) is 5.75 Å². The van der Waals surface area contributed by atoms with Gasteiger partial charge in [-0.1, -0.05) is 0 Å². The van der Waals surface area contributed by atoms with Gasteiger partial charge in [-0.15, -0.1) is 11.6 Å². The number of aliphatic hydroxyl groups is 1. The van der Waals surface area contributed by atoms with E-state index in [1.807, 2.05) is 0 Å². The number of aliphatic hydroxyl groups excluding tert-OH is 1. The lowest BCUT2D eigenvalue weighted by Crippen LogP contribution is -2.22. The third-order valence-corrected chi connectivity index (χ3v) is 3.88. The molecule has 0 aromatic heterocycles. The van der Waals surface area contributed by atoms with Gasteiger partial charge in [-0.3, -0.25) is 0 Å². The number of nitrogens with one attached hydrogen (secondary N) is 1. The summed E-state index contributed by atoms with van der Waals surface area (Å²) >= 11 is 5.45. The molecule has 7 heteroatoms. The molecule has 2 rings (SSSR count). The summed E-state index contributed by atoms with van der Waals surface area (Å²) < 4.78 is 38.4. The Morgan fingerprint density at radius 2 is 1.95 bits per heavy atom. The Morgan fingerprint density at radius 1 is 1.32 bits per heavy atom. The third-order valence-electron chi connectivity index (χ3n) is 3.52. The van der Waals surface area contributed by atoms with Gasteiger partial charge in [0.2, 0.25) is 0 Å². The normalized spacial score (nSPS) is 17.3. The van der Waals surface area contributed by atoms with Gasteiger partial charge in [-0.25, -0.2) is 8.78 Å². The molecule has 1 fully saturated rings. The molecule has 1 aromatic carbocycles. The summed E-state index contributed by atoms with van der Waals surface area (Å²) in [5.74, 6) is -1.60. The Bertz CT molecular complexity index is 461.